The van der Waals surface area contributed by atoms with Crippen molar-refractivity contribution in [3.05, 3.63) is 48.5 Å². The van der Waals surface area contributed by atoms with Gasteiger partial charge in [-0.3, -0.25) is 9.32 Å². The zero-order chi connectivity index (χ0) is 27.7. The molecule has 1 aromatic carbocycles. The molecule has 0 aliphatic carbocycles. The van der Waals surface area contributed by atoms with Gasteiger partial charge in [-0.15, -0.1) is 0 Å². The summed E-state index contributed by atoms with van der Waals surface area (Å²) in [6.07, 6.45) is -0.764. The third-order valence-corrected chi connectivity index (χ3v) is 7.57. The number of hydrogen-bond donors (Lipinski definition) is 4. The van der Waals surface area contributed by atoms with E-state index in [9.17, 15) is 14.5 Å². The number of benzene rings is 1. The van der Waals surface area contributed by atoms with Gasteiger partial charge in [0.2, 0.25) is 0 Å². The minimum Gasteiger partial charge on any atom is -0.462 e. The molecule has 0 unspecified atom stereocenters. The summed E-state index contributed by atoms with van der Waals surface area (Å²) >= 11 is 0. The van der Waals surface area contributed by atoms with Crippen LogP contribution in [0.1, 0.15) is 39.5 Å². The fraction of sp³-hybridized carbons (Fsp3) is 0.478. The lowest BCUT2D eigenvalue weighted by atomic mass is 9.88. The minimum absolute atomic E-state index is 0.165. The zero-order valence-electron chi connectivity index (χ0n) is 21.4. The van der Waals surface area contributed by atoms with Crippen molar-refractivity contribution in [1.82, 2.24) is 24.7 Å². The van der Waals surface area contributed by atoms with Crippen molar-refractivity contribution in [1.29, 1.82) is 0 Å². The van der Waals surface area contributed by atoms with Gasteiger partial charge >= 0.3 is 13.7 Å². The second-order valence-corrected chi connectivity index (χ2v) is 11.2. The average molecular weight is 550 g/mol. The van der Waals surface area contributed by atoms with Gasteiger partial charge in [0.15, 0.2) is 11.5 Å². The molecule has 38 heavy (non-hydrogen) atoms. The molecule has 3 aromatic rings. The van der Waals surface area contributed by atoms with E-state index in [2.05, 4.69) is 20.2 Å². The van der Waals surface area contributed by atoms with Crippen LogP contribution < -0.4 is 21.1 Å². The molecule has 3 heterocycles. The minimum atomic E-state index is -4.18. The number of carbonyl (C=O) groups is 1. The first-order valence-corrected chi connectivity index (χ1v) is 13.5. The molecular formula is C23H32N7O7P. The van der Waals surface area contributed by atoms with E-state index in [1.54, 1.807) is 51.1 Å². The summed E-state index contributed by atoms with van der Waals surface area (Å²) in [6.45, 7) is 6.09. The molecule has 0 saturated carbocycles. The molecular weight excluding hydrogens is 517 g/mol. The van der Waals surface area contributed by atoms with Crippen molar-refractivity contribution < 1.29 is 33.0 Å². The van der Waals surface area contributed by atoms with E-state index < -0.39 is 43.6 Å². The third kappa shape index (κ3) is 5.80. The van der Waals surface area contributed by atoms with Crippen LogP contribution in [-0.2, 0) is 23.4 Å². The number of anilines is 1. The molecule has 2 aromatic heterocycles. The highest BCUT2D eigenvalue weighted by molar-refractivity contribution is 7.52. The lowest BCUT2D eigenvalue weighted by molar-refractivity contribution is -0.149. The fourth-order valence-electron chi connectivity index (χ4n) is 4.01. The summed E-state index contributed by atoms with van der Waals surface area (Å²) in [5, 5.41) is 17.8. The fourth-order valence-corrected chi connectivity index (χ4v) is 5.51. The van der Waals surface area contributed by atoms with E-state index in [0.717, 1.165) is 0 Å². The molecule has 4 rings (SSSR count). The van der Waals surface area contributed by atoms with Crippen LogP contribution in [0.5, 0.6) is 5.75 Å². The molecule has 0 bridgehead atoms. The molecule has 0 amide bonds. The summed E-state index contributed by atoms with van der Waals surface area (Å²) in [6, 6.07) is 7.28. The van der Waals surface area contributed by atoms with Gasteiger partial charge in [0.25, 0.3) is 0 Å². The van der Waals surface area contributed by atoms with E-state index in [1.807, 2.05) is 0 Å². The van der Waals surface area contributed by atoms with Gasteiger partial charge in [0, 0.05) is 0 Å². The highest BCUT2D eigenvalue weighted by Crippen LogP contribution is 2.47. The standard InChI is InChI=1S/C23H32N7O7P/c1-13(2)35-22(32)14(3)29-38(33,37-15-8-6-5-7-9-15)34-11-17-18(31)23(4,25)19(36-17)16-10-26-21-20(24)27-12-28-30(16)21/h5-10,12-14,17-19,31H,11,25H2,1-4H3,(H,29,33)(H2,24,27,28)/t14-,17+,18+,19-,23+,38+/m0/s1. The van der Waals surface area contributed by atoms with E-state index in [0.29, 0.717) is 11.3 Å². The number of fused-ring (bicyclic) bond motifs is 1. The van der Waals surface area contributed by atoms with E-state index in [4.69, 9.17) is 30.0 Å². The van der Waals surface area contributed by atoms with Gasteiger partial charge in [-0.05, 0) is 39.8 Å². The predicted octanol–water partition coefficient (Wildman–Crippen LogP) is 1.36. The number of aliphatic hydroxyl groups excluding tert-OH is 1. The van der Waals surface area contributed by atoms with Crippen LogP contribution in [0, 0.1) is 0 Å². The number of nitrogens with zero attached hydrogens (tertiary/aromatic N) is 4. The predicted molar refractivity (Wildman–Crippen MR) is 136 cm³/mol. The van der Waals surface area contributed by atoms with Crippen molar-refractivity contribution >= 4 is 25.2 Å². The molecule has 0 spiro atoms. The van der Waals surface area contributed by atoms with E-state index in [-0.39, 0.29) is 24.3 Å². The maximum atomic E-state index is 13.8. The number of nitrogen functional groups attached to an aromatic ring is 1. The van der Waals surface area contributed by atoms with Crippen LogP contribution in [0.25, 0.3) is 5.65 Å². The molecule has 14 nitrogen and oxygen atoms in total. The molecule has 206 valence electrons. The second kappa shape index (κ2) is 10.9. The Bertz CT molecular complexity index is 1320. The van der Waals surface area contributed by atoms with E-state index in [1.165, 1.54) is 24.0 Å². The lowest BCUT2D eigenvalue weighted by Gasteiger charge is -2.27. The van der Waals surface area contributed by atoms with Crippen molar-refractivity contribution in [3.63, 3.8) is 0 Å². The van der Waals surface area contributed by atoms with Crippen LogP contribution in [0.2, 0.25) is 0 Å². The zero-order valence-corrected chi connectivity index (χ0v) is 22.3. The number of nitrogens with two attached hydrogens (primary N) is 2. The Morgan fingerprint density at radius 1 is 1.29 bits per heavy atom. The van der Waals surface area contributed by atoms with Crippen LogP contribution in [0.3, 0.4) is 0 Å². The van der Waals surface area contributed by atoms with E-state index >= 15 is 0 Å². The number of esters is 1. The maximum absolute atomic E-state index is 13.8. The Morgan fingerprint density at radius 3 is 2.68 bits per heavy atom. The highest BCUT2D eigenvalue weighted by Gasteiger charge is 2.53. The first-order chi connectivity index (χ1) is 17.9. The second-order valence-electron chi connectivity index (χ2n) is 9.46. The monoisotopic (exact) mass is 549 g/mol. The lowest BCUT2D eigenvalue weighted by Crippen LogP contribution is -2.51. The number of para-hydroxylation sites is 1. The average Bonchev–Trinajstić information content (AvgIpc) is 3.37. The first kappa shape index (κ1) is 27.9. The Hall–Kier alpha value is -3.13. The maximum Gasteiger partial charge on any atom is 0.459 e. The molecule has 6 N–H and O–H groups in total. The molecule has 0 radical (unpaired) electrons. The third-order valence-electron chi connectivity index (χ3n) is 5.93. The smallest absolute Gasteiger partial charge is 0.459 e. The number of nitrogens with one attached hydrogen (secondary N) is 1. The van der Waals surface area contributed by atoms with Crippen LogP contribution >= 0.6 is 7.75 Å². The van der Waals surface area contributed by atoms with Crippen molar-refractivity contribution in [3.8, 4) is 5.75 Å². The topological polar surface area (TPSA) is 198 Å². The highest BCUT2D eigenvalue weighted by atomic mass is 31.2. The number of rotatable bonds is 10. The summed E-state index contributed by atoms with van der Waals surface area (Å²) in [5.41, 5.74) is 11.8. The molecule has 1 saturated heterocycles. The largest absolute Gasteiger partial charge is 0.462 e. The SMILES string of the molecule is CC(C)OC(=O)[C@H](C)N[P@@](=O)(OC[C@H]1O[C@@H](c2cnc3c(N)ncnn23)[C@](C)(N)[C@@H]1O)Oc1ccccc1. The Morgan fingerprint density at radius 2 is 2.00 bits per heavy atom. The molecule has 6 atom stereocenters. The summed E-state index contributed by atoms with van der Waals surface area (Å²) in [7, 11) is -4.18. The summed E-state index contributed by atoms with van der Waals surface area (Å²) < 4.78 is 37.8. The number of aliphatic hydroxyl groups is 1. The van der Waals surface area contributed by atoms with Gasteiger partial charge in [0.1, 0.15) is 36.4 Å². The Labute approximate surface area is 219 Å². The van der Waals surface area contributed by atoms with Crippen LogP contribution in [0.4, 0.5) is 5.82 Å². The summed E-state index contributed by atoms with van der Waals surface area (Å²) in [5.74, 6) is -0.232. The van der Waals surface area contributed by atoms with Crippen molar-refractivity contribution in [2.45, 2.75) is 63.7 Å². The number of hydrogen-bond acceptors (Lipinski definition) is 12. The molecule has 15 heteroatoms. The van der Waals surface area contributed by atoms with Gasteiger partial charge < -0.3 is 30.6 Å². The van der Waals surface area contributed by atoms with Gasteiger partial charge in [-0.2, -0.15) is 10.2 Å². The number of aromatic nitrogens is 4. The number of ether oxygens (including phenoxy) is 2. The number of carbonyl (C=O) groups excluding carboxylic acids is 1. The normalized spacial score (nSPS) is 25.8. The van der Waals surface area contributed by atoms with Crippen molar-refractivity contribution in [2.75, 3.05) is 12.3 Å². The molecule has 1 fully saturated rings. The van der Waals surface area contributed by atoms with Gasteiger partial charge in [0.05, 0.1) is 30.1 Å². The number of imidazole rings is 1. The summed E-state index contributed by atoms with van der Waals surface area (Å²) in [4.78, 5) is 20.5. The molecule has 1 aliphatic heterocycles. The molecule has 1 aliphatic rings. The Balaban J connectivity index is 1.54. The van der Waals surface area contributed by atoms with Gasteiger partial charge in [-0.25, -0.2) is 19.0 Å². The van der Waals surface area contributed by atoms with Crippen molar-refractivity contribution in [2.24, 2.45) is 5.73 Å². The Kier molecular flexibility index (Phi) is 8.02. The first-order valence-electron chi connectivity index (χ1n) is 12.0. The van der Waals surface area contributed by atoms with Gasteiger partial charge in [-0.1, -0.05) is 18.2 Å². The van der Waals surface area contributed by atoms with Crippen LogP contribution in [-0.4, -0.2) is 67.2 Å². The quantitative estimate of drug-likeness (QED) is 0.209. The van der Waals surface area contributed by atoms with Crippen LogP contribution in [0.15, 0.2) is 42.9 Å².